The summed E-state index contributed by atoms with van der Waals surface area (Å²) in [5, 5.41) is 0. The molecule has 0 N–H and O–H groups in total. The van der Waals surface area contributed by atoms with Crippen LogP contribution in [0.5, 0.6) is 0 Å². The minimum absolute atomic E-state index is 0.0657. The number of piperidine rings is 2. The molecule has 0 aromatic carbocycles. The van der Waals surface area contributed by atoms with Crippen molar-refractivity contribution in [1.29, 1.82) is 0 Å². The van der Waals surface area contributed by atoms with E-state index in [0.29, 0.717) is 17.9 Å². The lowest BCUT2D eigenvalue weighted by molar-refractivity contribution is -0.136. The van der Waals surface area contributed by atoms with Gasteiger partial charge in [0.25, 0.3) is 0 Å². The molecule has 0 aromatic rings. The molecule has 6 heteroatoms. The minimum Gasteiger partial charge on any atom is -0.343 e. The molecule has 2 unspecified atom stereocenters. The lowest BCUT2D eigenvalue weighted by atomic mass is 9.94. The molecule has 4 heterocycles. The number of piperazine rings is 1. The number of carbonyl (C=O) groups is 2. The molecule has 3 fully saturated rings. The van der Waals surface area contributed by atoms with Crippen molar-refractivity contribution in [3.8, 4) is 0 Å². The summed E-state index contributed by atoms with van der Waals surface area (Å²) in [5.74, 6) is 2.05. The van der Waals surface area contributed by atoms with Crippen LogP contribution in [0, 0.1) is 11.8 Å². The normalized spacial score (nSPS) is 30.9. The summed E-state index contributed by atoms with van der Waals surface area (Å²) in [6, 6.07) is 0.592. The summed E-state index contributed by atoms with van der Waals surface area (Å²) in [6.07, 6.45) is 8.22. The van der Waals surface area contributed by atoms with Crippen LogP contribution >= 0.6 is 11.8 Å². The summed E-state index contributed by atoms with van der Waals surface area (Å²) in [5.41, 5.74) is 0. The molecular formula is C20H31N3O2S. The van der Waals surface area contributed by atoms with Crippen molar-refractivity contribution in [3.63, 3.8) is 0 Å². The number of thioether (sulfide) groups is 1. The van der Waals surface area contributed by atoms with Crippen LogP contribution in [0.2, 0.25) is 0 Å². The molecule has 2 atom stereocenters. The zero-order chi connectivity index (χ0) is 18.1. The number of amides is 2. The van der Waals surface area contributed by atoms with E-state index in [0.717, 1.165) is 51.3 Å². The maximum atomic E-state index is 13.0. The number of carbonyl (C=O) groups excluding carboxylic acids is 2. The van der Waals surface area contributed by atoms with Gasteiger partial charge in [0, 0.05) is 51.4 Å². The Morgan fingerprint density at radius 3 is 2.58 bits per heavy atom. The van der Waals surface area contributed by atoms with Crippen molar-refractivity contribution in [2.75, 3.05) is 45.0 Å². The maximum Gasteiger partial charge on any atom is 0.230 e. The Labute approximate surface area is 161 Å². The number of allylic oxidation sites excluding steroid dienone is 1. The third kappa shape index (κ3) is 3.81. The van der Waals surface area contributed by atoms with Gasteiger partial charge in [-0.3, -0.25) is 14.5 Å². The van der Waals surface area contributed by atoms with E-state index in [1.165, 1.54) is 30.7 Å². The molecule has 0 radical (unpaired) electrons. The number of hydrogen-bond donors (Lipinski definition) is 0. The molecule has 0 spiro atoms. The molecule has 0 aromatic heterocycles. The fourth-order valence-electron chi connectivity index (χ4n) is 4.95. The van der Waals surface area contributed by atoms with Crippen LogP contribution in [0.15, 0.2) is 11.0 Å². The number of fused-ring (bicyclic) bond motifs is 1. The molecule has 0 aliphatic carbocycles. The Morgan fingerprint density at radius 2 is 1.81 bits per heavy atom. The topological polar surface area (TPSA) is 43.9 Å². The summed E-state index contributed by atoms with van der Waals surface area (Å²) in [7, 11) is 0. The second-order valence-corrected chi connectivity index (χ2v) is 9.33. The molecular weight excluding hydrogens is 346 g/mol. The highest BCUT2D eigenvalue weighted by atomic mass is 32.2. The van der Waals surface area contributed by atoms with Crippen LogP contribution in [0.25, 0.3) is 0 Å². The highest BCUT2D eigenvalue weighted by Crippen LogP contribution is 2.40. The van der Waals surface area contributed by atoms with Crippen LogP contribution in [-0.2, 0) is 9.59 Å². The van der Waals surface area contributed by atoms with Gasteiger partial charge in [-0.05, 0) is 43.1 Å². The molecule has 4 aliphatic heterocycles. The van der Waals surface area contributed by atoms with Gasteiger partial charge in [0.05, 0.1) is 5.92 Å². The molecule has 0 saturated carbocycles. The van der Waals surface area contributed by atoms with Gasteiger partial charge in [0.15, 0.2) is 0 Å². The van der Waals surface area contributed by atoms with Gasteiger partial charge < -0.3 is 9.80 Å². The first-order valence-corrected chi connectivity index (χ1v) is 11.2. The lowest BCUT2D eigenvalue weighted by Gasteiger charge is -2.44. The molecule has 4 rings (SSSR count). The van der Waals surface area contributed by atoms with Crippen LogP contribution in [-0.4, -0.2) is 77.6 Å². The quantitative estimate of drug-likeness (QED) is 0.740. The van der Waals surface area contributed by atoms with Crippen LogP contribution in [0.3, 0.4) is 0 Å². The van der Waals surface area contributed by atoms with Crippen molar-refractivity contribution in [1.82, 2.24) is 14.7 Å². The van der Waals surface area contributed by atoms with E-state index < -0.39 is 0 Å². The fraction of sp³-hybridized carbons (Fsp3) is 0.800. The minimum atomic E-state index is 0.0657. The standard InChI is InChI=1S/C20H31N3O2S/c1-15(24)21-8-5-16(6-9-21)19-12-17(14-26-19)20(25)23-11-10-22-7-3-2-4-18(22)13-23/h12,16-18H,2-11,13-14H2,1H3. The molecule has 144 valence electrons. The van der Waals surface area contributed by atoms with Gasteiger partial charge in [0.1, 0.15) is 0 Å². The van der Waals surface area contributed by atoms with E-state index in [2.05, 4.69) is 15.9 Å². The smallest absolute Gasteiger partial charge is 0.230 e. The van der Waals surface area contributed by atoms with Crippen molar-refractivity contribution >= 4 is 23.6 Å². The number of rotatable bonds is 2. The van der Waals surface area contributed by atoms with E-state index in [1.807, 2.05) is 16.7 Å². The first-order chi connectivity index (χ1) is 12.6. The summed E-state index contributed by atoms with van der Waals surface area (Å²) in [6.45, 7) is 7.48. The second-order valence-electron chi connectivity index (χ2n) is 8.24. The van der Waals surface area contributed by atoms with E-state index >= 15 is 0 Å². The van der Waals surface area contributed by atoms with E-state index in [1.54, 1.807) is 6.92 Å². The second kappa shape index (κ2) is 7.93. The van der Waals surface area contributed by atoms with Crippen molar-refractivity contribution in [2.24, 2.45) is 11.8 Å². The molecule has 2 amide bonds. The van der Waals surface area contributed by atoms with Gasteiger partial charge in [0.2, 0.25) is 11.8 Å². The van der Waals surface area contributed by atoms with Gasteiger partial charge in [-0.2, -0.15) is 0 Å². The predicted octanol–water partition coefficient (Wildman–Crippen LogP) is 2.19. The predicted molar refractivity (Wildman–Crippen MR) is 105 cm³/mol. The van der Waals surface area contributed by atoms with Crippen LogP contribution in [0.1, 0.15) is 39.0 Å². The largest absolute Gasteiger partial charge is 0.343 e. The van der Waals surface area contributed by atoms with Crippen molar-refractivity contribution < 1.29 is 9.59 Å². The number of hydrogen-bond acceptors (Lipinski definition) is 4. The van der Waals surface area contributed by atoms with Crippen LogP contribution < -0.4 is 0 Å². The van der Waals surface area contributed by atoms with Crippen LogP contribution in [0.4, 0.5) is 0 Å². The van der Waals surface area contributed by atoms with Crippen molar-refractivity contribution in [3.05, 3.63) is 11.0 Å². The monoisotopic (exact) mass is 377 g/mol. The van der Waals surface area contributed by atoms with Gasteiger partial charge in [-0.25, -0.2) is 0 Å². The Morgan fingerprint density at radius 1 is 1.00 bits per heavy atom. The summed E-state index contributed by atoms with van der Waals surface area (Å²) in [4.78, 5) is 32.6. The van der Waals surface area contributed by atoms with Crippen molar-refractivity contribution in [2.45, 2.75) is 45.1 Å². The SMILES string of the molecule is CC(=O)N1CCC(C2=CC(C(=O)N3CCN4CCCCC4C3)CS2)CC1. The lowest BCUT2D eigenvalue weighted by Crippen LogP contribution is -2.57. The van der Waals surface area contributed by atoms with E-state index in [-0.39, 0.29) is 11.8 Å². The highest BCUT2D eigenvalue weighted by molar-refractivity contribution is 8.03. The molecule has 3 saturated heterocycles. The third-order valence-corrected chi connectivity index (χ3v) is 7.93. The zero-order valence-corrected chi connectivity index (χ0v) is 16.7. The zero-order valence-electron chi connectivity index (χ0n) is 15.9. The molecule has 5 nitrogen and oxygen atoms in total. The molecule has 26 heavy (non-hydrogen) atoms. The Balaban J connectivity index is 1.33. The Bertz CT molecular complexity index is 586. The van der Waals surface area contributed by atoms with Gasteiger partial charge >= 0.3 is 0 Å². The first kappa shape index (κ1) is 18.4. The molecule has 0 bridgehead atoms. The number of likely N-dealkylation sites (tertiary alicyclic amines) is 1. The highest BCUT2D eigenvalue weighted by Gasteiger charge is 2.36. The fourth-order valence-corrected chi connectivity index (χ4v) is 6.29. The van der Waals surface area contributed by atoms with E-state index in [4.69, 9.17) is 0 Å². The third-order valence-electron chi connectivity index (χ3n) is 6.60. The summed E-state index contributed by atoms with van der Waals surface area (Å²) < 4.78 is 0. The average molecular weight is 378 g/mol. The molecule has 4 aliphatic rings. The average Bonchev–Trinajstić information content (AvgIpc) is 3.17. The number of nitrogens with zero attached hydrogens (tertiary/aromatic N) is 3. The summed E-state index contributed by atoms with van der Waals surface area (Å²) >= 11 is 1.88. The maximum absolute atomic E-state index is 13.0. The Hall–Kier alpha value is -1.01. The van der Waals surface area contributed by atoms with Gasteiger partial charge in [-0.15, -0.1) is 11.8 Å². The Kier molecular flexibility index (Phi) is 5.60. The first-order valence-electron chi connectivity index (χ1n) is 10.2. The van der Waals surface area contributed by atoms with E-state index in [9.17, 15) is 9.59 Å². The van der Waals surface area contributed by atoms with Gasteiger partial charge in [-0.1, -0.05) is 12.5 Å².